The van der Waals surface area contributed by atoms with Crippen molar-refractivity contribution in [2.45, 2.75) is 39.3 Å². The molecule has 1 amide bonds. The largest absolute Gasteiger partial charge is 0.444 e. The molecule has 0 aliphatic carbocycles. The summed E-state index contributed by atoms with van der Waals surface area (Å²) in [6.07, 6.45) is -0.364. The summed E-state index contributed by atoms with van der Waals surface area (Å²) in [4.78, 5) is 13.3. The molecule has 0 saturated heterocycles. The number of ether oxygens (including phenoxy) is 1. The highest BCUT2D eigenvalue weighted by atomic mass is 79.9. The molecule has 1 atom stereocenters. The zero-order chi connectivity index (χ0) is 16.9. The summed E-state index contributed by atoms with van der Waals surface area (Å²) in [6, 6.07) is 4.86. The molecule has 0 fully saturated rings. The van der Waals surface area contributed by atoms with E-state index in [1.54, 1.807) is 13.1 Å². The van der Waals surface area contributed by atoms with Crippen LogP contribution < -0.4 is 5.32 Å². The highest BCUT2D eigenvalue weighted by molar-refractivity contribution is 9.10. The monoisotopic (exact) mass is 374 g/mol. The minimum absolute atomic E-state index is 0.139. The summed E-state index contributed by atoms with van der Waals surface area (Å²) in [7, 11) is 1.68. The van der Waals surface area contributed by atoms with Gasteiger partial charge in [0.05, 0.1) is 0 Å². The molecule has 1 N–H and O–H groups in total. The molecular formula is C16H24BrFN2O2. The number of likely N-dealkylation sites (N-methyl/N-ethyl adjacent to an activating group) is 1. The Balaban J connectivity index is 2.44. The lowest BCUT2D eigenvalue weighted by atomic mass is 10.1. The summed E-state index contributed by atoms with van der Waals surface area (Å²) in [6.45, 7) is 8.41. The smallest absolute Gasteiger partial charge is 0.410 e. The van der Waals surface area contributed by atoms with E-state index in [9.17, 15) is 9.18 Å². The minimum atomic E-state index is -0.507. The molecule has 0 radical (unpaired) electrons. The Morgan fingerprint density at radius 2 is 2.09 bits per heavy atom. The topological polar surface area (TPSA) is 41.6 Å². The highest BCUT2D eigenvalue weighted by Crippen LogP contribution is 2.20. The first kappa shape index (κ1) is 18.9. The van der Waals surface area contributed by atoms with Crippen molar-refractivity contribution >= 4 is 22.0 Å². The zero-order valence-electron chi connectivity index (χ0n) is 13.7. The average molecular weight is 375 g/mol. The second-order valence-corrected chi connectivity index (χ2v) is 7.16. The molecule has 124 valence electrons. The Bertz CT molecular complexity index is 517. The van der Waals surface area contributed by atoms with Gasteiger partial charge in [-0.25, -0.2) is 9.18 Å². The van der Waals surface area contributed by atoms with Gasteiger partial charge in [-0.05, 0) is 39.8 Å². The fraction of sp³-hybridized carbons (Fsp3) is 0.562. The number of hydrogen-bond acceptors (Lipinski definition) is 3. The van der Waals surface area contributed by atoms with Crippen molar-refractivity contribution in [1.29, 1.82) is 0 Å². The van der Waals surface area contributed by atoms with Gasteiger partial charge in [0.15, 0.2) is 0 Å². The van der Waals surface area contributed by atoms with Crippen LogP contribution in [0, 0.1) is 5.82 Å². The Labute approximate surface area is 140 Å². The molecule has 22 heavy (non-hydrogen) atoms. The third kappa shape index (κ3) is 6.32. The van der Waals surface area contributed by atoms with Crippen LogP contribution in [0.1, 0.15) is 39.3 Å². The number of nitrogens with one attached hydrogen (secondary N) is 1. The molecule has 0 aromatic heterocycles. The lowest BCUT2D eigenvalue weighted by Gasteiger charge is -2.25. The summed E-state index contributed by atoms with van der Waals surface area (Å²) < 4.78 is 19.8. The van der Waals surface area contributed by atoms with Crippen LogP contribution in [0.15, 0.2) is 22.7 Å². The fourth-order valence-corrected chi connectivity index (χ4v) is 2.18. The van der Waals surface area contributed by atoms with Gasteiger partial charge in [0, 0.05) is 36.2 Å². The minimum Gasteiger partial charge on any atom is -0.444 e. The van der Waals surface area contributed by atoms with Crippen molar-refractivity contribution < 1.29 is 13.9 Å². The van der Waals surface area contributed by atoms with Crippen LogP contribution in [0.4, 0.5) is 9.18 Å². The molecule has 0 aliphatic heterocycles. The molecule has 1 rings (SSSR count). The summed E-state index contributed by atoms with van der Waals surface area (Å²) in [5.41, 5.74) is 0.0928. The summed E-state index contributed by atoms with van der Waals surface area (Å²) >= 11 is 3.24. The molecule has 1 aromatic rings. The lowest BCUT2D eigenvalue weighted by molar-refractivity contribution is 0.0299. The zero-order valence-corrected chi connectivity index (χ0v) is 15.3. The van der Waals surface area contributed by atoms with Crippen LogP contribution in [0.2, 0.25) is 0 Å². The molecule has 0 saturated carbocycles. The van der Waals surface area contributed by atoms with Gasteiger partial charge in [-0.3, -0.25) is 0 Å². The molecule has 1 unspecified atom stereocenters. The molecule has 1 aromatic carbocycles. The van der Waals surface area contributed by atoms with Crippen LogP contribution in [0.5, 0.6) is 0 Å². The molecule has 6 heteroatoms. The number of rotatable bonds is 5. The van der Waals surface area contributed by atoms with E-state index in [1.807, 2.05) is 33.8 Å². The number of carbonyl (C=O) groups is 1. The second-order valence-electron chi connectivity index (χ2n) is 6.24. The van der Waals surface area contributed by atoms with Crippen molar-refractivity contribution in [3.8, 4) is 0 Å². The first-order valence-electron chi connectivity index (χ1n) is 7.22. The standard InChI is InChI=1S/C16H24BrFN2O2/c1-11(13-7-6-12(17)10-14(13)18)19-8-9-20(5)15(21)22-16(2,3)4/h6-7,10-11,19H,8-9H2,1-5H3. The quantitative estimate of drug-likeness (QED) is 0.842. The van der Waals surface area contributed by atoms with Crippen LogP contribution in [-0.4, -0.2) is 36.7 Å². The van der Waals surface area contributed by atoms with E-state index in [0.29, 0.717) is 23.1 Å². The van der Waals surface area contributed by atoms with E-state index in [4.69, 9.17) is 4.74 Å². The van der Waals surface area contributed by atoms with Crippen molar-refractivity contribution in [3.05, 3.63) is 34.1 Å². The molecule has 4 nitrogen and oxygen atoms in total. The molecule has 0 bridgehead atoms. The van der Waals surface area contributed by atoms with Crippen molar-refractivity contribution in [1.82, 2.24) is 10.2 Å². The Morgan fingerprint density at radius 3 is 2.64 bits per heavy atom. The number of amides is 1. The third-order valence-corrected chi connectivity index (χ3v) is 3.53. The van der Waals surface area contributed by atoms with E-state index in [0.717, 1.165) is 0 Å². The van der Waals surface area contributed by atoms with E-state index >= 15 is 0 Å². The number of benzene rings is 1. The number of nitrogens with zero attached hydrogens (tertiary/aromatic N) is 1. The van der Waals surface area contributed by atoms with Gasteiger partial charge in [-0.1, -0.05) is 22.0 Å². The van der Waals surface area contributed by atoms with E-state index in [-0.39, 0.29) is 18.0 Å². The van der Waals surface area contributed by atoms with Crippen molar-refractivity contribution in [3.63, 3.8) is 0 Å². The van der Waals surface area contributed by atoms with E-state index < -0.39 is 5.60 Å². The third-order valence-electron chi connectivity index (χ3n) is 3.03. The van der Waals surface area contributed by atoms with Gasteiger partial charge in [-0.2, -0.15) is 0 Å². The van der Waals surface area contributed by atoms with E-state index in [1.165, 1.54) is 11.0 Å². The van der Waals surface area contributed by atoms with Crippen molar-refractivity contribution in [2.75, 3.05) is 20.1 Å². The summed E-state index contributed by atoms with van der Waals surface area (Å²) in [5, 5.41) is 3.20. The van der Waals surface area contributed by atoms with Gasteiger partial charge in [0.2, 0.25) is 0 Å². The van der Waals surface area contributed by atoms with Crippen molar-refractivity contribution in [2.24, 2.45) is 0 Å². The van der Waals surface area contributed by atoms with Gasteiger partial charge in [0.25, 0.3) is 0 Å². The first-order chi connectivity index (χ1) is 10.1. The Hall–Kier alpha value is -1.14. The Kier molecular flexibility index (Phi) is 6.81. The number of hydrogen-bond donors (Lipinski definition) is 1. The second kappa shape index (κ2) is 7.92. The predicted octanol–water partition coefficient (Wildman–Crippen LogP) is 4.11. The first-order valence-corrected chi connectivity index (χ1v) is 8.02. The van der Waals surface area contributed by atoms with Crippen LogP contribution in [-0.2, 0) is 4.74 Å². The van der Waals surface area contributed by atoms with E-state index in [2.05, 4.69) is 21.2 Å². The van der Waals surface area contributed by atoms with Gasteiger partial charge in [-0.15, -0.1) is 0 Å². The Morgan fingerprint density at radius 1 is 1.45 bits per heavy atom. The maximum Gasteiger partial charge on any atom is 0.410 e. The molecule has 0 aliphatic rings. The van der Waals surface area contributed by atoms with Crippen LogP contribution in [0.3, 0.4) is 0 Å². The molecule has 0 spiro atoms. The van der Waals surface area contributed by atoms with Crippen LogP contribution in [0.25, 0.3) is 0 Å². The fourth-order valence-electron chi connectivity index (χ4n) is 1.84. The average Bonchev–Trinajstić information content (AvgIpc) is 2.36. The van der Waals surface area contributed by atoms with Gasteiger partial charge < -0.3 is 15.0 Å². The SMILES string of the molecule is CC(NCCN(C)C(=O)OC(C)(C)C)c1ccc(Br)cc1F. The molecular weight excluding hydrogens is 351 g/mol. The maximum atomic E-state index is 13.8. The van der Waals surface area contributed by atoms with Gasteiger partial charge >= 0.3 is 6.09 Å². The normalized spacial score (nSPS) is 12.9. The molecule has 0 heterocycles. The number of carbonyl (C=O) groups excluding carboxylic acids is 1. The van der Waals surface area contributed by atoms with Crippen LogP contribution >= 0.6 is 15.9 Å². The summed E-state index contributed by atoms with van der Waals surface area (Å²) in [5.74, 6) is -0.255. The number of halogens is 2. The predicted molar refractivity (Wildman–Crippen MR) is 89.4 cm³/mol. The highest BCUT2D eigenvalue weighted by Gasteiger charge is 2.19. The lowest BCUT2D eigenvalue weighted by Crippen LogP contribution is -2.38. The van der Waals surface area contributed by atoms with Gasteiger partial charge in [0.1, 0.15) is 11.4 Å². The maximum absolute atomic E-state index is 13.8.